The van der Waals surface area contributed by atoms with Crippen molar-refractivity contribution in [1.29, 1.82) is 0 Å². The van der Waals surface area contributed by atoms with Crippen LogP contribution in [0.2, 0.25) is 0 Å². The summed E-state index contributed by atoms with van der Waals surface area (Å²) < 4.78 is 11.4. The van der Waals surface area contributed by atoms with E-state index in [4.69, 9.17) is 9.47 Å². The normalized spacial score (nSPS) is 18.1. The van der Waals surface area contributed by atoms with Crippen molar-refractivity contribution in [1.82, 2.24) is 9.88 Å². The maximum absolute atomic E-state index is 12.6. The van der Waals surface area contributed by atoms with Crippen LogP contribution in [0.3, 0.4) is 0 Å². The van der Waals surface area contributed by atoms with Gasteiger partial charge in [0, 0.05) is 30.9 Å². The van der Waals surface area contributed by atoms with Crippen molar-refractivity contribution < 1.29 is 14.3 Å². The summed E-state index contributed by atoms with van der Waals surface area (Å²) in [5, 5.41) is 3.54. The molecule has 0 saturated carbocycles. The molecule has 148 valence electrons. The van der Waals surface area contributed by atoms with Gasteiger partial charge in [-0.15, -0.1) is 11.3 Å². The van der Waals surface area contributed by atoms with Gasteiger partial charge in [0.2, 0.25) is 6.10 Å². The number of rotatable bonds is 4. The smallest absolute Gasteiger partial charge is 0.270 e. The fourth-order valence-electron chi connectivity index (χ4n) is 3.61. The highest BCUT2D eigenvalue weighted by molar-refractivity contribution is 7.15. The number of nitrogens with one attached hydrogen (secondary N) is 1. The Morgan fingerprint density at radius 3 is 2.79 bits per heavy atom. The summed E-state index contributed by atoms with van der Waals surface area (Å²) in [6.45, 7) is 2.94. The number of thiazole rings is 1. The average molecular weight is 407 g/mol. The molecule has 7 heteroatoms. The number of nitrogens with zero attached hydrogens (tertiary/aromatic N) is 2. The van der Waals surface area contributed by atoms with E-state index in [1.165, 1.54) is 10.4 Å². The lowest BCUT2D eigenvalue weighted by molar-refractivity contribution is -0.125. The van der Waals surface area contributed by atoms with Crippen LogP contribution in [0.25, 0.3) is 0 Å². The Bertz CT molecular complexity index is 1020. The zero-order chi connectivity index (χ0) is 19.6. The first kappa shape index (κ1) is 18.1. The fourth-order valence-corrected chi connectivity index (χ4v) is 4.67. The Labute approximate surface area is 173 Å². The molecule has 0 aliphatic carbocycles. The molecule has 3 aromatic rings. The van der Waals surface area contributed by atoms with Crippen molar-refractivity contribution in [3.63, 3.8) is 0 Å². The fraction of sp³-hybridized carbons (Fsp3) is 0.273. The predicted molar refractivity (Wildman–Crippen MR) is 111 cm³/mol. The monoisotopic (exact) mass is 407 g/mol. The minimum atomic E-state index is -0.680. The van der Waals surface area contributed by atoms with Crippen LogP contribution in [0.1, 0.15) is 16.1 Å². The van der Waals surface area contributed by atoms with Crippen molar-refractivity contribution in [3.8, 4) is 11.5 Å². The van der Waals surface area contributed by atoms with Gasteiger partial charge in [-0.05, 0) is 17.7 Å². The topological polar surface area (TPSA) is 63.7 Å². The highest BCUT2D eigenvalue weighted by atomic mass is 32.1. The molecule has 0 spiro atoms. The zero-order valence-corrected chi connectivity index (χ0v) is 16.7. The second-order valence-corrected chi connectivity index (χ2v) is 8.27. The number of hydrogen-bond acceptors (Lipinski definition) is 6. The third-order valence-electron chi connectivity index (χ3n) is 5.09. The molecule has 0 radical (unpaired) electrons. The highest BCUT2D eigenvalue weighted by Gasteiger charge is 2.29. The maximum Gasteiger partial charge on any atom is 0.270 e. The lowest BCUT2D eigenvalue weighted by atomic mass is 10.1. The third-order valence-corrected chi connectivity index (χ3v) is 6.09. The van der Waals surface area contributed by atoms with Crippen molar-refractivity contribution in [2.24, 2.45) is 0 Å². The van der Waals surface area contributed by atoms with Gasteiger partial charge in [0.05, 0.1) is 5.69 Å². The largest absolute Gasteiger partial charge is 0.485 e. The molecule has 0 saturated heterocycles. The summed E-state index contributed by atoms with van der Waals surface area (Å²) in [6, 6.07) is 17.9. The predicted octanol–water partition coefficient (Wildman–Crippen LogP) is 3.48. The number of anilines is 1. The molecule has 0 fully saturated rings. The Kier molecular flexibility index (Phi) is 4.91. The summed E-state index contributed by atoms with van der Waals surface area (Å²) in [5.74, 6) is 1.03. The van der Waals surface area contributed by atoms with E-state index in [0.29, 0.717) is 16.6 Å². The first-order valence-electron chi connectivity index (χ1n) is 9.69. The van der Waals surface area contributed by atoms with E-state index < -0.39 is 6.10 Å². The maximum atomic E-state index is 12.6. The van der Waals surface area contributed by atoms with Gasteiger partial charge in [-0.1, -0.05) is 42.5 Å². The molecule has 6 nitrogen and oxygen atoms in total. The molecule has 29 heavy (non-hydrogen) atoms. The molecule has 1 N–H and O–H groups in total. The SMILES string of the molecule is O=C(Nc1nc2c(s1)CN(Cc1ccccc1)CC2)[C@@H]1COc2ccccc2O1. The van der Waals surface area contributed by atoms with E-state index >= 15 is 0 Å². The first-order chi connectivity index (χ1) is 14.2. The number of fused-ring (bicyclic) bond motifs is 2. The quantitative estimate of drug-likeness (QED) is 0.717. The van der Waals surface area contributed by atoms with Gasteiger partial charge >= 0.3 is 0 Å². The Morgan fingerprint density at radius 1 is 1.14 bits per heavy atom. The third kappa shape index (κ3) is 3.97. The summed E-state index contributed by atoms with van der Waals surface area (Å²) >= 11 is 1.55. The van der Waals surface area contributed by atoms with Gasteiger partial charge in [0.15, 0.2) is 16.6 Å². The molecule has 3 heterocycles. The summed E-state index contributed by atoms with van der Waals surface area (Å²) in [7, 11) is 0. The van der Waals surface area contributed by atoms with Gasteiger partial charge in [-0.2, -0.15) is 0 Å². The van der Waals surface area contributed by atoms with Gasteiger partial charge in [0.25, 0.3) is 5.91 Å². The average Bonchev–Trinajstić information content (AvgIpc) is 3.15. The molecule has 2 aliphatic rings. The molecule has 1 amide bonds. The van der Waals surface area contributed by atoms with E-state index in [1.54, 1.807) is 17.4 Å². The summed E-state index contributed by atoms with van der Waals surface area (Å²) in [4.78, 5) is 20.9. The van der Waals surface area contributed by atoms with Gasteiger partial charge in [-0.25, -0.2) is 4.98 Å². The van der Waals surface area contributed by atoms with Crippen LogP contribution in [0.4, 0.5) is 5.13 Å². The van der Waals surface area contributed by atoms with E-state index in [-0.39, 0.29) is 12.5 Å². The number of para-hydroxylation sites is 2. The lowest BCUT2D eigenvalue weighted by Gasteiger charge is -2.25. The van der Waals surface area contributed by atoms with Crippen LogP contribution in [-0.4, -0.2) is 35.0 Å². The Morgan fingerprint density at radius 2 is 1.93 bits per heavy atom. The van der Waals surface area contributed by atoms with E-state index in [2.05, 4.69) is 39.5 Å². The molecular weight excluding hydrogens is 386 g/mol. The molecule has 1 atom stereocenters. The van der Waals surface area contributed by atoms with Crippen LogP contribution in [0, 0.1) is 0 Å². The van der Waals surface area contributed by atoms with E-state index in [9.17, 15) is 4.79 Å². The van der Waals surface area contributed by atoms with Gasteiger partial charge in [0.1, 0.15) is 6.61 Å². The molecule has 0 unspecified atom stereocenters. The number of aromatic nitrogens is 1. The van der Waals surface area contributed by atoms with Crippen LogP contribution in [0.15, 0.2) is 54.6 Å². The number of ether oxygens (including phenoxy) is 2. The van der Waals surface area contributed by atoms with Crippen molar-refractivity contribution in [3.05, 3.63) is 70.7 Å². The lowest BCUT2D eigenvalue weighted by Crippen LogP contribution is -2.40. The first-order valence-corrected chi connectivity index (χ1v) is 10.5. The number of hydrogen-bond donors (Lipinski definition) is 1. The molecular formula is C22H21N3O3S. The van der Waals surface area contributed by atoms with Crippen LogP contribution in [-0.2, 0) is 24.3 Å². The molecule has 2 aliphatic heterocycles. The number of benzene rings is 2. The van der Waals surface area contributed by atoms with Crippen molar-refractivity contribution >= 4 is 22.4 Å². The second kappa shape index (κ2) is 7.85. The van der Waals surface area contributed by atoms with E-state index in [1.807, 2.05) is 24.3 Å². The van der Waals surface area contributed by atoms with Crippen molar-refractivity contribution in [2.75, 3.05) is 18.5 Å². The number of carbonyl (C=O) groups is 1. The minimum absolute atomic E-state index is 0.193. The van der Waals surface area contributed by atoms with Crippen molar-refractivity contribution in [2.45, 2.75) is 25.6 Å². The van der Waals surface area contributed by atoms with Gasteiger partial charge in [-0.3, -0.25) is 15.0 Å². The van der Waals surface area contributed by atoms with Crippen LogP contribution in [0.5, 0.6) is 11.5 Å². The standard InChI is InChI=1S/C22H21N3O3S/c26-21(19-14-27-17-8-4-5-9-18(17)28-19)24-22-23-16-10-11-25(13-20(16)29-22)12-15-6-2-1-3-7-15/h1-9,19H,10-14H2,(H,23,24,26)/t19-/m0/s1. The van der Waals surface area contributed by atoms with Gasteiger partial charge < -0.3 is 9.47 Å². The summed E-state index contributed by atoms with van der Waals surface area (Å²) in [6.07, 6.45) is 0.214. The minimum Gasteiger partial charge on any atom is -0.485 e. The van der Waals surface area contributed by atoms with Crippen LogP contribution >= 0.6 is 11.3 Å². The number of amides is 1. The van der Waals surface area contributed by atoms with Crippen LogP contribution < -0.4 is 14.8 Å². The Hall–Kier alpha value is -2.90. The zero-order valence-electron chi connectivity index (χ0n) is 15.8. The van der Waals surface area contributed by atoms with E-state index in [0.717, 1.165) is 31.7 Å². The highest BCUT2D eigenvalue weighted by Crippen LogP contribution is 2.32. The molecule has 5 rings (SSSR count). The molecule has 1 aromatic heterocycles. The molecule has 2 aromatic carbocycles. The summed E-state index contributed by atoms with van der Waals surface area (Å²) in [5.41, 5.74) is 2.39. The second-order valence-electron chi connectivity index (χ2n) is 7.19. The molecule has 0 bridgehead atoms. The number of carbonyl (C=O) groups excluding carboxylic acids is 1. The Balaban J connectivity index is 1.22.